The molecule has 43 heavy (non-hydrogen) atoms. The highest BCUT2D eigenvalue weighted by molar-refractivity contribution is 5.94. The zero-order valence-electron chi connectivity index (χ0n) is 27.4. The van der Waals surface area contributed by atoms with Crippen molar-refractivity contribution in [3.8, 4) is 0 Å². The minimum Gasteiger partial charge on any atom is -0.384 e. The van der Waals surface area contributed by atoms with E-state index in [1.807, 2.05) is 39.2 Å². The summed E-state index contributed by atoms with van der Waals surface area (Å²) in [5, 5.41) is 6.53. The van der Waals surface area contributed by atoms with Crippen molar-refractivity contribution >= 4 is 17.6 Å². The molecule has 1 unspecified atom stereocenters. The molecule has 0 spiro atoms. The number of hydrogen-bond donors (Lipinski definition) is 2. The Morgan fingerprint density at radius 2 is 1.93 bits per heavy atom. The summed E-state index contributed by atoms with van der Waals surface area (Å²) in [4.78, 5) is 21.0. The fourth-order valence-electron chi connectivity index (χ4n) is 6.09. The normalized spacial score (nSPS) is 16.9. The van der Waals surface area contributed by atoms with Gasteiger partial charge in [-0.3, -0.25) is 14.7 Å². The van der Waals surface area contributed by atoms with E-state index >= 15 is 4.39 Å². The Morgan fingerprint density at radius 3 is 2.56 bits per heavy atom. The van der Waals surface area contributed by atoms with E-state index in [1.165, 1.54) is 27.7 Å². The number of aromatic nitrogens is 1. The minimum absolute atomic E-state index is 0.155. The van der Waals surface area contributed by atoms with Crippen LogP contribution >= 0.6 is 0 Å². The first-order valence-corrected chi connectivity index (χ1v) is 15.5. The van der Waals surface area contributed by atoms with Gasteiger partial charge in [0, 0.05) is 61.6 Å². The summed E-state index contributed by atoms with van der Waals surface area (Å²) < 4.78 is 15.2. The third-order valence-electron chi connectivity index (χ3n) is 8.50. The second kappa shape index (κ2) is 15.7. The van der Waals surface area contributed by atoms with Crippen LogP contribution in [0.15, 0.2) is 60.7 Å². The van der Waals surface area contributed by atoms with Crippen molar-refractivity contribution in [2.45, 2.75) is 72.8 Å². The van der Waals surface area contributed by atoms with Gasteiger partial charge < -0.3 is 15.5 Å². The Kier molecular flexibility index (Phi) is 12.3. The number of amides is 1. The van der Waals surface area contributed by atoms with Crippen LogP contribution in [0.4, 0.5) is 4.39 Å². The van der Waals surface area contributed by atoms with Gasteiger partial charge in [-0.15, -0.1) is 0 Å². The van der Waals surface area contributed by atoms with Gasteiger partial charge in [0.2, 0.25) is 0 Å². The molecule has 1 fully saturated rings. The van der Waals surface area contributed by atoms with Gasteiger partial charge in [-0.2, -0.15) is 0 Å². The number of carbonyl (C=O) groups excluding carboxylic acids is 1. The van der Waals surface area contributed by atoms with Gasteiger partial charge in [0.1, 0.15) is 5.82 Å². The van der Waals surface area contributed by atoms with Gasteiger partial charge in [-0.05, 0) is 119 Å². The topological polar surface area (TPSA) is 60.5 Å². The van der Waals surface area contributed by atoms with Crippen molar-refractivity contribution in [2.24, 2.45) is 0 Å². The summed E-state index contributed by atoms with van der Waals surface area (Å²) in [6, 6.07) is 5.62. The number of halogens is 1. The molecule has 2 aliphatic rings. The molecule has 0 bridgehead atoms. The molecule has 2 N–H and O–H groups in total. The molecule has 1 aromatic carbocycles. The van der Waals surface area contributed by atoms with Crippen LogP contribution in [0.25, 0.3) is 11.6 Å². The van der Waals surface area contributed by atoms with Gasteiger partial charge in [-0.25, -0.2) is 4.39 Å². The van der Waals surface area contributed by atoms with Crippen LogP contribution in [-0.2, 0) is 0 Å². The van der Waals surface area contributed by atoms with E-state index in [2.05, 4.69) is 66.1 Å². The standard InChI is InChI=1S/C34H44FN5O.C2H6/c1-8-36-14-11-32-29(10-16-38-32)28-9-15-37-24(4)30(28)20-22(2)25(5)40-17-12-26(13-18-40)33-23(3)19-27(21-31(33)35)34(41)39(6)7;1-2/h8-9,11,14-15,19-21,25-26,36,38H,1,10,12-13,16-18H2,2-7H3;1-2H3/b14-11-,22-20+;. The summed E-state index contributed by atoms with van der Waals surface area (Å²) >= 11 is 0. The van der Waals surface area contributed by atoms with Gasteiger partial charge in [0.25, 0.3) is 5.91 Å². The number of pyridine rings is 1. The van der Waals surface area contributed by atoms with Gasteiger partial charge in [-0.1, -0.05) is 32.1 Å². The summed E-state index contributed by atoms with van der Waals surface area (Å²) in [5.41, 5.74) is 9.13. The van der Waals surface area contributed by atoms with E-state index in [9.17, 15) is 4.79 Å². The lowest BCUT2D eigenvalue weighted by Gasteiger charge is -2.37. The van der Waals surface area contributed by atoms with E-state index in [1.54, 1.807) is 20.3 Å². The van der Waals surface area contributed by atoms with E-state index in [0.29, 0.717) is 5.56 Å². The zero-order chi connectivity index (χ0) is 31.7. The first kappa shape index (κ1) is 33.8. The molecule has 1 atom stereocenters. The molecule has 1 amide bonds. The lowest BCUT2D eigenvalue weighted by atomic mass is 9.85. The Morgan fingerprint density at radius 1 is 1.23 bits per heavy atom. The smallest absolute Gasteiger partial charge is 0.253 e. The van der Waals surface area contributed by atoms with Crippen LogP contribution in [0, 0.1) is 19.7 Å². The molecule has 7 heteroatoms. The molecular formula is C36H50FN5O. The highest BCUT2D eigenvalue weighted by Crippen LogP contribution is 2.35. The predicted molar refractivity (Wildman–Crippen MR) is 178 cm³/mol. The molecule has 0 radical (unpaired) electrons. The van der Waals surface area contributed by atoms with Crippen molar-refractivity contribution < 1.29 is 9.18 Å². The number of nitrogens with zero attached hydrogens (tertiary/aromatic N) is 3. The van der Waals surface area contributed by atoms with E-state index in [-0.39, 0.29) is 23.7 Å². The number of aryl methyl sites for hydroxylation is 2. The van der Waals surface area contributed by atoms with E-state index in [4.69, 9.17) is 0 Å². The monoisotopic (exact) mass is 587 g/mol. The van der Waals surface area contributed by atoms with Gasteiger partial charge in [0.05, 0.1) is 0 Å². The summed E-state index contributed by atoms with van der Waals surface area (Å²) in [5.74, 6) is -0.279. The zero-order valence-corrected chi connectivity index (χ0v) is 27.4. The van der Waals surface area contributed by atoms with Crippen molar-refractivity contribution in [3.63, 3.8) is 0 Å². The van der Waals surface area contributed by atoms with Gasteiger partial charge in [0.15, 0.2) is 0 Å². The number of hydrogen-bond acceptors (Lipinski definition) is 5. The lowest BCUT2D eigenvalue weighted by molar-refractivity contribution is 0.0827. The maximum absolute atomic E-state index is 15.2. The number of rotatable bonds is 9. The van der Waals surface area contributed by atoms with Crippen LogP contribution in [-0.4, -0.2) is 60.5 Å². The van der Waals surface area contributed by atoms with Crippen molar-refractivity contribution in [3.05, 3.63) is 100 Å². The maximum atomic E-state index is 15.2. The second-order valence-electron chi connectivity index (χ2n) is 11.4. The average molecular weight is 588 g/mol. The Bertz CT molecular complexity index is 1360. The lowest BCUT2D eigenvalue weighted by Crippen LogP contribution is -2.40. The first-order chi connectivity index (χ1) is 20.6. The molecular weight excluding hydrogens is 537 g/mol. The van der Waals surface area contributed by atoms with Crippen LogP contribution < -0.4 is 10.6 Å². The molecule has 2 aromatic rings. The van der Waals surface area contributed by atoms with Crippen molar-refractivity contribution in [1.29, 1.82) is 0 Å². The minimum atomic E-state index is -0.262. The number of allylic oxidation sites excluding steroid dienone is 1. The molecule has 4 rings (SSSR count). The molecule has 232 valence electrons. The molecule has 3 heterocycles. The molecule has 0 aliphatic carbocycles. The number of carbonyl (C=O) groups is 1. The Labute approximate surface area is 258 Å². The van der Waals surface area contributed by atoms with E-state index < -0.39 is 0 Å². The summed E-state index contributed by atoms with van der Waals surface area (Å²) in [7, 11) is 3.38. The molecule has 6 nitrogen and oxygen atoms in total. The quantitative estimate of drug-likeness (QED) is 0.325. The van der Waals surface area contributed by atoms with Crippen molar-refractivity contribution in [2.75, 3.05) is 33.7 Å². The summed E-state index contributed by atoms with van der Waals surface area (Å²) in [6.07, 6.45) is 12.5. The van der Waals surface area contributed by atoms with Crippen molar-refractivity contribution in [1.82, 2.24) is 25.4 Å². The number of nitrogens with one attached hydrogen (secondary N) is 2. The number of benzene rings is 1. The maximum Gasteiger partial charge on any atom is 0.253 e. The number of likely N-dealkylation sites (tertiary alicyclic amines) is 1. The predicted octanol–water partition coefficient (Wildman–Crippen LogP) is 7.19. The second-order valence-corrected chi connectivity index (χ2v) is 11.4. The fraction of sp³-hybridized carbons (Fsp3) is 0.444. The third kappa shape index (κ3) is 8.02. The SMILES string of the molecule is C=CN/C=C\C1=C(c2ccnc(C)c2/C=C(\C)C(C)N2CCC(c3c(C)cc(C(=O)N(C)C)cc3F)CC2)CCN1.CC. The highest BCUT2D eigenvalue weighted by Gasteiger charge is 2.28. The van der Waals surface area contributed by atoms with E-state index in [0.717, 1.165) is 67.0 Å². The molecule has 0 saturated carbocycles. The summed E-state index contributed by atoms with van der Waals surface area (Å²) in [6.45, 7) is 18.9. The number of piperidine rings is 1. The van der Waals surface area contributed by atoms with Gasteiger partial charge >= 0.3 is 0 Å². The molecule has 1 saturated heterocycles. The molecule has 1 aromatic heterocycles. The fourth-order valence-corrected chi connectivity index (χ4v) is 6.09. The Hall–Kier alpha value is -3.71. The third-order valence-corrected chi connectivity index (χ3v) is 8.50. The van der Waals surface area contributed by atoms with Crippen LogP contribution in [0.1, 0.15) is 91.2 Å². The highest BCUT2D eigenvalue weighted by atomic mass is 19.1. The largest absolute Gasteiger partial charge is 0.384 e. The Balaban J connectivity index is 0.00000248. The molecule has 2 aliphatic heterocycles. The van der Waals surface area contributed by atoms with Crippen LogP contribution in [0.5, 0.6) is 0 Å². The van der Waals surface area contributed by atoms with Crippen LogP contribution in [0.2, 0.25) is 0 Å². The first-order valence-electron chi connectivity index (χ1n) is 15.5. The average Bonchev–Trinajstić information content (AvgIpc) is 3.46. The van der Waals surface area contributed by atoms with Crippen LogP contribution in [0.3, 0.4) is 0 Å².